The number of anilines is 1. The molecule has 1 aromatic carbocycles. The second kappa shape index (κ2) is 5.02. The van der Waals surface area contributed by atoms with Crippen molar-refractivity contribution in [2.24, 2.45) is 0 Å². The van der Waals surface area contributed by atoms with Gasteiger partial charge >= 0.3 is 0 Å². The molecule has 0 bridgehead atoms. The first kappa shape index (κ1) is 15.3. The number of hydrogen-bond acceptors (Lipinski definition) is 4. The van der Waals surface area contributed by atoms with Gasteiger partial charge in [0.05, 0.1) is 12.4 Å². The highest BCUT2D eigenvalue weighted by Gasteiger charge is 2.37. The highest BCUT2D eigenvalue weighted by Crippen LogP contribution is 2.43. The van der Waals surface area contributed by atoms with E-state index in [1.807, 2.05) is 33.0 Å². The molecule has 1 heterocycles. The van der Waals surface area contributed by atoms with E-state index in [2.05, 4.69) is 4.90 Å². The van der Waals surface area contributed by atoms with Gasteiger partial charge in [0, 0.05) is 24.2 Å². The predicted octanol–water partition coefficient (Wildman–Crippen LogP) is 1.77. The molecular weight excluding hydrogens is 278 g/mol. The highest BCUT2D eigenvalue weighted by molar-refractivity contribution is 7.85. The molecule has 0 saturated heterocycles. The van der Waals surface area contributed by atoms with E-state index in [4.69, 9.17) is 4.55 Å². The third kappa shape index (κ3) is 2.97. The summed E-state index contributed by atoms with van der Waals surface area (Å²) >= 11 is 0. The number of fused-ring (bicyclic) bond motifs is 1. The smallest absolute Gasteiger partial charge is 0.265 e. The fourth-order valence-corrected chi connectivity index (χ4v) is 3.71. The van der Waals surface area contributed by atoms with Crippen LogP contribution in [0.15, 0.2) is 18.2 Å². The Morgan fingerprint density at radius 1 is 1.40 bits per heavy atom. The molecule has 112 valence electrons. The Kier molecular flexibility index (Phi) is 3.83. The second-order valence-corrected chi connectivity index (χ2v) is 7.57. The van der Waals surface area contributed by atoms with Crippen molar-refractivity contribution in [3.05, 3.63) is 29.3 Å². The minimum absolute atomic E-state index is 0.0511. The van der Waals surface area contributed by atoms with Crippen LogP contribution < -0.4 is 4.90 Å². The Morgan fingerprint density at radius 2 is 2.05 bits per heavy atom. The van der Waals surface area contributed by atoms with Crippen LogP contribution in [0.5, 0.6) is 0 Å². The van der Waals surface area contributed by atoms with E-state index < -0.39 is 10.1 Å². The molecule has 0 radical (unpaired) electrons. The zero-order valence-electron chi connectivity index (χ0n) is 12.0. The van der Waals surface area contributed by atoms with Crippen LogP contribution in [-0.4, -0.2) is 36.4 Å². The molecule has 6 heteroatoms. The normalized spacial score (nSPS) is 21.6. The van der Waals surface area contributed by atoms with E-state index in [1.165, 1.54) is 0 Å². The number of aliphatic hydroxyl groups excluding tert-OH is 1. The van der Waals surface area contributed by atoms with Gasteiger partial charge in [-0.1, -0.05) is 12.1 Å². The molecule has 20 heavy (non-hydrogen) atoms. The van der Waals surface area contributed by atoms with E-state index in [0.717, 1.165) is 16.8 Å². The molecule has 0 spiro atoms. The summed E-state index contributed by atoms with van der Waals surface area (Å²) in [5.41, 5.74) is 2.40. The fourth-order valence-electron chi connectivity index (χ4n) is 2.90. The average molecular weight is 299 g/mol. The lowest BCUT2D eigenvalue weighted by Gasteiger charge is -2.46. The van der Waals surface area contributed by atoms with Crippen LogP contribution >= 0.6 is 0 Å². The molecule has 1 aliphatic rings. The molecular formula is C14H21NO4S. The number of rotatable bonds is 3. The maximum atomic E-state index is 11.2. The van der Waals surface area contributed by atoms with Crippen LogP contribution in [0.3, 0.4) is 0 Å². The predicted molar refractivity (Wildman–Crippen MR) is 78.6 cm³/mol. The van der Waals surface area contributed by atoms with Gasteiger partial charge in [0.25, 0.3) is 10.1 Å². The van der Waals surface area contributed by atoms with Crippen LogP contribution in [0.4, 0.5) is 5.69 Å². The van der Waals surface area contributed by atoms with Crippen molar-refractivity contribution in [2.75, 3.05) is 17.7 Å². The first-order valence-electron chi connectivity index (χ1n) is 6.57. The lowest BCUT2D eigenvalue weighted by atomic mass is 9.80. The Bertz CT molecular complexity index is 610. The molecule has 1 aromatic rings. The zero-order valence-corrected chi connectivity index (χ0v) is 12.8. The van der Waals surface area contributed by atoms with Crippen molar-refractivity contribution in [2.45, 2.75) is 38.3 Å². The van der Waals surface area contributed by atoms with Crippen molar-refractivity contribution in [3.8, 4) is 0 Å². The molecule has 1 unspecified atom stereocenters. The Labute approximate surface area is 120 Å². The highest BCUT2D eigenvalue weighted by atomic mass is 32.2. The fraction of sp³-hybridized carbons (Fsp3) is 0.571. The third-order valence-corrected chi connectivity index (χ3v) is 4.97. The van der Waals surface area contributed by atoms with Crippen molar-refractivity contribution in [1.82, 2.24) is 0 Å². The van der Waals surface area contributed by atoms with Gasteiger partial charge in [0.1, 0.15) is 0 Å². The van der Waals surface area contributed by atoms with E-state index in [-0.39, 0.29) is 23.8 Å². The molecule has 0 saturated carbocycles. The first-order chi connectivity index (χ1) is 9.14. The minimum atomic E-state index is -4.02. The molecule has 2 N–H and O–H groups in total. The minimum Gasteiger partial charge on any atom is -0.392 e. The summed E-state index contributed by atoms with van der Waals surface area (Å²) in [4.78, 5) is 2.10. The molecule has 0 aliphatic carbocycles. The van der Waals surface area contributed by atoms with Crippen molar-refractivity contribution >= 4 is 15.8 Å². The summed E-state index contributed by atoms with van der Waals surface area (Å²) in [5.74, 6) is -0.505. The van der Waals surface area contributed by atoms with Crippen LogP contribution in [0.2, 0.25) is 0 Å². The quantitative estimate of drug-likeness (QED) is 0.832. The van der Waals surface area contributed by atoms with Gasteiger partial charge in [-0.25, -0.2) is 0 Å². The summed E-state index contributed by atoms with van der Waals surface area (Å²) in [6.45, 7) is 4.03. The number of benzene rings is 1. The van der Waals surface area contributed by atoms with Crippen molar-refractivity contribution in [3.63, 3.8) is 0 Å². The van der Waals surface area contributed by atoms with Gasteiger partial charge in [-0.2, -0.15) is 8.42 Å². The molecule has 0 fully saturated rings. The Morgan fingerprint density at radius 3 is 2.60 bits per heavy atom. The maximum absolute atomic E-state index is 11.2. The second-order valence-electron chi connectivity index (χ2n) is 6.07. The standard InChI is InChI=1S/C14H21NO4S/c1-14(2)7-11(9-20(17,18)19)12-5-4-10(8-16)6-13(12)15(14)3/h4-6,11,16H,7-9H2,1-3H3,(H,17,18,19). The van der Waals surface area contributed by atoms with Gasteiger partial charge in [-0.15, -0.1) is 0 Å². The van der Waals surface area contributed by atoms with Crippen LogP contribution in [0, 0.1) is 0 Å². The molecule has 0 aromatic heterocycles. The number of nitrogens with zero attached hydrogens (tertiary/aromatic N) is 1. The lowest BCUT2D eigenvalue weighted by Crippen LogP contribution is -2.47. The first-order valence-corrected chi connectivity index (χ1v) is 8.17. The number of hydrogen-bond donors (Lipinski definition) is 2. The number of aliphatic hydroxyl groups is 1. The Hall–Kier alpha value is -1.11. The molecule has 2 rings (SSSR count). The molecule has 1 aliphatic heterocycles. The molecule has 5 nitrogen and oxygen atoms in total. The maximum Gasteiger partial charge on any atom is 0.265 e. The summed E-state index contributed by atoms with van der Waals surface area (Å²) in [6, 6.07) is 5.53. The van der Waals surface area contributed by atoms with E-state index in [1.54, 1.807) is 6.07 Å². The zero-order chi connectivity index (χ0) is 15.1. The van der Waals surface area contributed by atoms with Crippen LogP contribution in [-0.2, 0) is 16.7 Å². The monoisotopic (exact) mass is 299 g/mol. The van der Waals surface area contributed by atoms with Gasteiger partial charge in [-0.05, 0) is 37.5 Å². The van der Waals surface area contributed by atoms with E-state index >= 15 is 0 Å². The summed E-state index contributed by atoms with van der Waals surface area (Å²) < 4.78 is 31.6. The largest absolute Gasteiger partial charge is 0.392 e. The SMILES string of the molecule is CN1c2cc(CO)ccc2C(CS(=O)(=O)O)CC1(C)C. The third-order valence-electron chi connectivity index (χ3n) is 4.14. The van der Waals surface area contributed by atoms with Crippen molar-refractivity contribution < 1.29 is 18.1 Å². The average Bonchev–Trinajstić information content (AvgIpc) is 2.33. The Balaban J connectivity index is 2.51. The topological polar surface area (TPSA) is 77.8 Å². The van der Waals surface area contributed by atoms with Crippen LogP contribution in [0.25, 0.3) is 0 Å². The van der Waals surface area contributed by atoms with Crippen LogP contribution in [0.1, 0.15) is 37.3 Å². The molecule has 0 amide bonds. The lowest BCUT2D eigenvalue weighted by molar-refractivity contribution is 0.281. The van der Waals surface area contributed by atoms with Gasteiger partial charge in [0.2, 0.25) is 0 Å². The van der Waals surface area contributed by atoms with Gasteiger partial charge < -0.3 is 10.0 Å². The van der Waals surface area contributed by atoms with E-state index in [9.17, 15) is 13.5 Å². The summed E-state index contributed by atoms with van der Waals surface area (Å²) in [5, 5.41) is 9.25. The van der Waals surface area contributed by atoms with Crippen molar-refractivity contribution in [1.29, 1.82) is 0 Å². The van der Waals surface area contributed by atoms with Gasteiger partial charge in [-0.3, -0.25) is 4.55 Å². The van der Waals surface area contributed by atoms with Gasteiger partial charge in [0.15, 0.2) is 0 Å². The summed E-state index contributed by atoms with van der Waals surface area (Å²) in [6.07, 6.45) is 0.648. The summed E-state index contributed by atoms with van der Waals surface area (Å²) in [7, 11) is -2.06. The van der Waals surface area contributed by atoms with E-state index in [0.29, 0.717) is 6.42 Å². The molecule has 1 atom stereocenters.